The quantitative estimate of drug-likeness (QED) is 0.841. The average molecular weight is 361 g/mol. The van der Waals surface area contributed by atoms with Crippen LogP contribution in [-0.4, -0.2) is 67.4 Å². The molecular weight excluding hydrogens is 330 g/mol. The first-order valence-electron chi connectivity index (χ1n) is 9.68. The fourth-order valence-corrected chi connectivity index (χ4v) is 4.02. The summed E-state index contributed by atoms with van der Waals surface area (Å²) >= 11 is 0. The molecule has 0 saturated carbocycles. The molecule has 6 nitrogen and oxygen atoms in total. The maximum Gasteiger partial charge on any atom is 0.253 e. The molecule has 2 saturated heterocycles. The highest BCUT2D eigenvalue weighted by Crippen LogP contribution is 2.29. The van der Waals surface area contributed by atoms with Crippen molar-refractivity contribution in [2.75, 3.05) is 40.0 Å². The van der Waals surface area contributed by atoms with E-state index >= 15 is 0 Å². The number of carbonyl (C=O) groups excluding carboxylic acids is 1. The van der Waals surface area contributed by atoms with Crippen LogP contribution in [0.4, 0.5) is 0 Å². The number of aryl methyl sites for hydroxylation is 1. The SMILES string of the molecule is COCCC1(NC(=O)c2ccc(C)nc2)CCN(C2CCOCC2)CC1. The molecule has 0 atom stereocenters. The molecule has 1 aromatic rings. The Morgan fingerprint density at radius 3 is 2.69 bits per heavy atom. The van der Waals surface area contributed by atoms with E-state index in [1.165, 1.54) is 0 Å². The zero-order valence-electron chi connectivity index (χ0n) is 16.0. The van der Waals surface area contributed by atoms with E-state index in [1.807, 2.05) is 19.1 Å². The molecule has 0 bridgehead atoms. The Bertz CT molecular complexity index is 576. The molecule has 0 unspecified atom stereocenters. The number of methoxy groups -OCH3 is 1. The van der Waals surface area contributed by atoms with Crippen LogP contribution in [0.2, 0.25) is 0 Å². The van der Waals surface area contributed by atoms with E-state index in [-0.39, 0.29) is 11.4 Å². The molecule has 2 fully saturated rings. The summed E-state index contributed by atoms with van der Waals surface area (Å²) in [4.78, 5) is 19.6. The number of ether oxygens (including phenoxy) is 2. The number of hydrogen-bond acceptors (Lipinski definition) is 5. The Balaban J connectivity index is 1.63. The Morgan fingerprint density at radius 1 is 1.35 bits per heavy atom. The fraction of sp³-hybridized carbons (Fsp3) is 0.700. The summed E-state index contributed by atoms with van der Waals surface area (Å²) in [6, 6.07) is 4.35. The molecule has 0 aromatic carbocycles. The van der Waals surface area contributed by atoms with Gasteiger partial charge in [0.05, 0.1) is 5.56 Å². The van der Waals surface area contributed by atoms with Gasteiger partial charge in [0.1, 0.15) is 0 Å². The van der Waals surface area contributed by atoms with Gasteiger partial charge in [0.2, 0.25) is 0 Å². The number of aromatic nitrogens is 1. The van der Waals surface area contributed by atoms with Gasteiger partial charge in [-0.3, -0.25) is 9.78 Å². The number of likely N-dealkylation sites (tertiary alicyclic amines) is 1. The number of carbonyl (C=O) groups is 1. The van der Waals surface area contributed by atoms with Crippen molar-refractivity contribution in [3.8, 4) is 0 Å². The predicted molar refractivity (Wildman–Crippen MR) is 100 cm³/mol. The predicted octanol–water partition coefficient (Wildman–Crippen LogP) is 2.17. The van der Waals surface area contributed by atoms with E-state index in [1.54, 1.807) is 13.3 Å². The van der Waals surface area contributed by atoms with Gasteiger partial charge < -0.3 is 19.7 Å². The maximum absolute atomic E-state index is 12.8. The third-order valence-corrected chi connectivity index (χ3v) is 5.80. The number of rotatable bonds is 6. The first kappa shape index (κ1) is 19.3. The van der Waals surface area contributed by atoms with Gasteiger partial charge in [0.25, 0.3) is 5.91 Å². The lowest BCUT2D eigenvalue weighted by molar-refractivity contribution is 0.00968. The summed E-state index contributed by atoms with van der Waals surface area (Å²) in [5, 5.41) is 3.32. The summed E-state index contributed by atoms with van der Waals surface area (Å²) in [6.07, 6.45) is 6.65. The largest absolute Gasteiger partial charge is 0.385 e. The summed E-state index contributed by atoms with van der Waals surface area (Å²) < 4.78 is 10.8. The Morgan fingerprint density at radius 2 is 2.08 bits per heavy atom. The lowest BCUT2D eigenvalue weighted by Crippen LogP contribution is -2.57. The molecule has 0 spiro atoms. The van der Waals surface area contributed by atoms with Gasteiger partial charge in [0.15, 0.2) is 0 Å². The summed E-state index contributed by atoms with van der Waals surface area (Å²) in [6.45, 7) is 6.35. The molecule has 2 aliphatic heterocycles. The lowest BCUT2D eigenvalue weighted by atomic mass is 9.83. The van der Waals surface area contributed by atoms with Crippen molar-refractivity contribution in [3.63, 3.8) is 0 Å². The first-order chi connectivity index (χ1) is 12.6. The van der Waals surface area contributed by atoms with Crippen LogP contribution in [0.3, 0.4) is 0 Å². The molecule has 6 heteroatoms. The fourth-order valence-electron chi connectivity index (χ4n) is 4.02. The van der Waals surface area contributed by atoms with Gasteiger partial charge >= 0.3 is 0 Å². The van der Waals surface area contributed by atoms with Crippen molar-refractivity contribution in [2.45, 2.75) is 50.6 Å². The molecule has 1 aromatic heterocycles. The van der Waals surface area contributed by atoms with Crippen LogP contribution in [0, 0.1) is 6.92 Å². The van der Waals surface area contributed by atoms with Gasteiger partial charge in [0, 0.05) is 63.5 Å². The average Bonchev–Trinajstić information content (AvgIpc) is 2.68. The highest BCUT2D eigenvalue weighted by Gasteiger charge is 2.37. The van der Waals surface area contributed by atoms with Gasteiger partial charge in [-0.2, -0.15) is 0 Å². The lowest BCUT2D eigenvalue weighted by Gasteiger charge is -2.45. The summed E-state index contributed by atoms with van der Waals surface area (Å²) in [5.74, 6) is -0.0341. The molecule has 1 N–H and O–H groups in total. The second-order valence-corrected chi connectivity index (χ2v) is 7.55. The van der Waals surface area contributed by atoms with Gasteiger partial charge in [-0.25, -0.2) is 0 Å². The second kappa shape index (κ2) is 8.93. The molecular formula is C20H31N3O3. The van der Waals surface area contributed by atoms with E-state index in [0.29, 0.717) is 18.2 Å². The molecule has 2 aliphatic rings. The molecule has 3 heterocycles. The third kappa shape index (κ3) is 4.81. The van der Waals surface area contributed by atoms with Crippen LogP contribution in [0.5, 0.6) is 0 Å². The number of piperidine rings is 1. The van der Waals surface area contributed by atoms with Gasteiger partial charge in [-0.15, -0.1) is 0 Å². The first-order valence-corrected chi connectivity index (χ1v) is 9.68. The van der Waals surface area contributed by atoms with Crippen molar-refractivity contribution in [1.29, 1.82) is 0 Å². The zero-order chi connectivity index (χ0) is 18.4. The van der Waals surface area contributed by atoms with Gasteiger partial charge in [-0.1, -0.05) is 0 Å². The van der Waals surface area contributed by atoms with E-state index in [4.69, 9.17) is 9.47 Å². The number of nitrogens with zero attached hydrogens (tertiary/aromatic N) is 2. The highest BCUT2D eigenvalue weighted by molar-refractivity contribution is 5.94. The van der Waals surface area contributed by atoms with Crippen LogP contribution in [-0.2, 0) is 9.47 Å². The minimum atomic E-state index is -0.195. The Kier molecular flexibility index (Phi) is 6.62. The van der Waals surface area contributed by atoms with E-state index in [2.05, 4.69) is 15.2 Å². The smallest absolute Gasteiger partial charge is 0.253 e. The molecule has 0 radical (unpaired) electrons. The minimum absolute atomic E-state index is 0.0341. The number of pyridine rings is 1. The third-order valence-electron chi connectivity index (χ3n) is 5.80. The van der Waals surface area contributed by atoms with E-state index in [9.17, 15) is 4.79 Å². The summed E-state index contributed by atoms with van der Waals surface area (Å²) in [5.41, 5.74) is 1.35. The van der Waals surface area contributed by atoms with Crippen LogP contribution in [0.1, 0.15) is 48.2 Å². The number of amides is 1. The standard InChI is InChI=1S/C20H31N3O3/c1-16-3-4-17(15-21-16)19(24)22-20(9-14-25-2)7-10-23(11-8-20)18-5-12-26-13-6-18/h3-4,15,18H,5-14H2,1-2H3,(H,22,24). The minimum Gasteiger partial charge on any atom is -0.385 e. The zero-order valence-corrected chi connectivity index (χ0v) is 16.0. The monoisotopic (exact) mass is 361 g/mol. The van der Waals surface area contributed by atoms with Crippen molar-refractivity contribution in [2.24, 2.45) is 0 Å². The summed E-state index contributed by atoms with van der Waals surface area (Å²) in [7, 11) is 1.72. The molecule has 144 valence electrons. The molecule has 1 amide bonds. The molecule has 3 rings (SSSR count). The highest BCUT2D eigenvalue weighted by atomic mass is 16.5. The van der Waals surface area contributed by atoms with Crippen LogP contribution < -0.4 is 5.32 Å². The van der Waals surface area contributed by atoms with Crippen LogP contribution in [0.25, 0.3) is 0 Å². The van der Waals surface area contributed by atoms with Crippen molar-refractivity contribution in [3.05, 3.63) is 29.6 Å². The van der Waals surface area contributed by atoms with E-state index in [0.717, 1.165) is 64.1 Å². The normalized spacial score (nSPS) is 21.5. The number of hydrogen-bond donors (Lipinski definition) is 1. The topological polar surface area (TPSA) is 63.7 Å². The molecule has 0 aliphatic carbocycles. The Hall–Kier alpha value is -1.50. The maximum atomic E-state index is 12.8. The van der Waals surface area contributed by atoms with Crippen molar-refractivity contribution >= 4 is 5.91 Å². The van der Waals surface area contributed by atoms with Gasteiger partial charge in [-0.05, 0) is 51.2 Å². The van der Waals surface area contributed by atoms with E-state index < -0.39 is 0 Å². The Labute approximate surface area is 156 Å². The van der Waals surface area contributed by atoms with Crippen LogP contribution >= 0.6 is 0 Å². The van der Waals surface area contributed by atoms with Crippen molar-refractivity contribution < 1.29 is 14.3 Å². The number of nitrogens with one attached hydrogen (secondary N) is 1. The molecule has 26 heavy (non-hydrogen) atoms. The van der Waals surface area contributed by atoms with Crippen molar-refractivity contribution in [1.82, 2.24) is 15.2 Å². The second-order valence-electron chi connectivity index (χ2n) is 7.55. The van der Waals surface area contributed by atoms with Crippen LogP contribution in [0.15, 0.2) is 18.3 Å².